The van der Waals surface area contributed by atoms with E-state index in [2.05, 4.69) is 10.6 Å². The van der Waals surface area contributed by atoms with E-state index >= 15 is 0 Å². The number of benzene rings is 2. The summed E-state index contributed by atoms with van der Waals surface area (Å²) in [5, 5.41) is 7.60. The van der Waals surface area contributed by atoms with Gasteiger partial charge in [-0.2, -0.15) is 0 Å². The molecule has 2 N–H and O–H groups in total. The smallest absolute Gasteiger partial charge is 0.410 e. The Morgan fingerprint density at radius 1 is 1.08 bits per heavy atom. The Kier molecular flexibility index (Phi) is 7.68. The molecule has 2 aromatic carbocycles. The molecule has 3 atom stereocenters. The Hall–Kier alpha value is -3.66. The van der Waals surface area contributed by atoms with Crippen molar-refractivity contribution in [2.45, 2.75) is 63.9 Å². The van der Waals surface area contributed by atoms with Gasteiger partial charge in [0.25, 0.3) is 0 Å². The molecule has 4 amide bonds. The largest absolute Gasteiger partial charge is 0.444 e. The molecule has 0 unspecified atom stereocenters. The minimum absolute atomic E-state index is 0.261. The fraction of sp³-hybridized carbons (Fsp3) is 0.481. The van der Waals surface area contributed by atoms with E-state index in [0.29, 0.717) is 18.5 Å². The van der Waals surface area contributed by atoms with Crippen molar-refractivity contribution in [3.63, 3.8) is 0 Å². The second-order valence-corrected chi connectivity index (χ2v) is 10.4. The van der Waals surface area contributed by atoms with Crippen LogP contribution < -0.4 is 10.6 Å². The molecule has 2 fully saturated rings. The number of carbonyl (C=O) groups is 4. The van der Waals surface area contributed by atoms with Gasteiger partial charge < -0.3 is 29.9 Å². The molecule has 37 heavy (non-hydrogen) atoms. The number of hydrogen-bond donors (Lipinski definition) is 2. The molecule has 2 heterocycles. The van der Waals surface area contributed by atoms with Gasteiger partial charge in [-0.3, -0.25) is 14.4 Å². The van der Waals surface area contributed by atoms with Crippen molar-refractivity contribution >= 4 is 40.3 Å². The monoisotopic (exact) mass is 510 g/mol. The summed E-state index contributed by atoms with van der Waals surface area (Å²) in [6.07, 6.45) is 0.0899. The Bertz CT molecular complexity index is 1190. The van der Waals surface area contributed by atoms with Gasteiger partial charge in [-0.25, -0.2) is 4.79 Å². The average molecular weight is 511 g/mol. The number of rotatable bonds is 5. The number of hydrogen-bond acceptors (Lipinski definition) is 6. The Morgan fingerprint density at radius 2 is 1.81 bits per heavy atom. The van der Waals surface area contributed by atoms with Gasteiger partial charge >= 0.3 is 6.09 Å². The molecule has 0 spiro atoms. The quantitative estimate of drug-likeness (QED) is 0.639. The molecule has 2 aliphatic heterocycles. The van der Waals surface area contributed by atoms with E-state index < -0.39 is 35.9 Å². The Labute approximate surface area is 216 Å². The van der Waals surface area contributed by atoms with Crippen molar-refractivity contribution in [1.82, 2.24) is 15.1 Å². The van der Waals surface area contributed by atoms with E-state index in [-0.39, 0.29) is 31.4 Å². The van der Waals surface area contributed by atoms with Gasteiger partial charge in [0.1, 0.15) is 30.5 Å². The van der Waals surface area contributed by atoms with E-state index in [1.807, 2.05) is 42.5 Å². The average Bonchev–Trinajstić information content (AvgIpc) is 3.19. The summed E-state index contributed by atoms with van der Waals surface area (Å²) >= 11 is 0. The fourth-order valence-corrected chi connectivity index (χ4v) is 4.67. The van der Waals surface area contributed by atoms with Crippen LogP contribution in [0.4, 0.5) is 10.5 Å². The van der Waals surface area contributed by atoms with Crippen molar-refractivity contribution in [3.8, 4) is 0 Å². The van der Waals surface area contributed by atoms with Crippen LogP contribution in [-0.4, -0.2) is 77.7 Å². The number of likely N-dealkylation sites (N-methyl/N-ethyl adjacent to an activating group) is 1. The van der Waals surface area contributed by atoms with Gasteiger partial charge in [0.2, 0.25) is 17.7 Å². The molecule has 0 bridgehead atoms. The maximum atomic E-state index is 13.5. The van der Waals surface area contributed by atoms with Crippen molar-refractivity contribution in [2.75, 3.05) is 25.5 Å². The number of fused-ring (bicyclic) bond motifs is 2. The summed E-state index contributed by atoms with van der Waals surface area (Å²) in [6, 6.07) is 11.8. The first-order valence-electron chi connectivity index (χ1n) is 12.5. The minimum atomic E-state index is -0.865. The van der Waals surface area contributed by atoms with Crippen LogP contribution in [0.1, 0.15) is 40.0 Å². The highest BCUT2D eigenvalue weighted by atomic mass is 16.6. The lowest BCUT2D eigenvalue weighted by Crippen LogP contribution is -2.54. The second-order valence-electron chi connectivity index (χ2n) is 10.4. The standard InChI is InChI=1S/C27H34N4O6/c1-27(2,3)37-26(35)30(4)16-22(32)28-20-14-15-36-23-13-12-21(31(23)25(20)34)24(33)29-19-11-7-9-17-8-5-6-10-18(17)19/h5-11,20-21,23H,12-16H2,1-4H3,(H,28,32)(H,29,33)/t20-,21+,23-/m0/s1. The highest BCUT2D eigenvalue weighted by molar-refractivity contribution is 6.05. The van der Waals surface area contributed by atoms with Crippen molar-refractivity contribution in [1.29, 1.82) is 0 Å². The van der Waals surface area contributed by atoms with E-state index in [9.17, 15) is 19.2 Å². The van der Waals surface area contributed by atoms with Crippen molar-refractivity contribution in [2.24, 2.45) is 0 Å². The third kappa shape index (κ3) is 6.19. The van der Waals surface area contributed by atoms with Crippen LogP contribution in [-0.2, 0) is 23.9 Å². The fourth-order valence-electron chi connectivity index (χ4n) is 4.67. The number of anilines is 1. The molecule has 0 radical (unpaired) electrons. The van der Waals surface area contributed by atoms with Crippen LogP contribution in [0.25, 0.3) is 10.8 Å². The highest BCUT2D eigenvalue weighted by Crippen LogP contribution is 2.31. The molecular weight excluding hydrogens is 476 g/mol. The van der Waals surface area contributed by atoms with E-state index in [4.69, 9.17) is 9.47 Å². The molecule has 198 valence electrons. The summed E-state index contributed by atoms with van der Waals surface area (Å²) in [6.45, 7) is 5.21. The van der Waals surface area contributed by atoms with Crippen LogP contribution in [0, 0.1) is 0 Å². The molecule has 0 aromatic heterocycles. The minimum Gasteiger partial charge on any atom is -0.444 e. The van der Waals surface area contributed by atoms with Gasteiger partial charge in [0.05, 0.1) is 6.61 Å². The van der Waals surface area contributed by atoms with Gasteiger partial charge in [-0.05, 0) is 45.1 Å². The molecule has 4 rings (SSSR count). The number of nitrogens with one attached hydrogen (secondary N) is 2. The first kappa shape index (κ1) is 26.4. The SMILES string of the molecule is CN(CC(=O)N[C@H]1CCO[C@H]2CC[C@H](C(=O)Nc3cccc4ccccc34)N2C1=O)C(=O)OC(C)(C)C. The number of amides is 4. The molecule has 10 nitrogen and oxygen atoms in total. The van der Waals surface area contributed by atoms with Crippen molar-refractivity contribution < 1.29 is 28.7 Å². The van der Waals surface area contributed by atoms with E-state index in [0.717, 1.165) is 15.7 Å². The van der Waals surface area contributed by atoms with Crippen LogP contribution in [0.2, 0.25) is 0 Å². The molecule has 0 aliphatic carbocycles. The van der Waals surface area contributed by atoms with Crippen molar-refractivity contribution in [3.05, 3.63) is 42.5 Å². The molecular formula is C27H34N4O6. The topological polar surface area (TPSA) is 117 Å². The van der Waals surface area contributed by atoms with Gasteiger partial charge in [-0.15, -0.1) is 0 Å². The zero-order valence-corrected chi connectivity index (χ0v) is 21.7. The maximum Gasteiger partial charge on any atom is 0.410 e. The maximum absolute atomic E-state index is 13.5. The molecule has 2 aliphatic rings. The summed E-state index contributed by atoms with van der Waals surface area (Å²) < 4.78 is 11.1. The second kappa shape index (κ2) is 10.8. The highest BCUT2D eigenvalue weighted by Gasteiger charge is 2.45. The summed E-state index contributed by atoms with van der Waals surface area (Å²) in [7, 11) is 1.45. The zero-order valence-electron chi connectivity index (χ0n) is 21.7. The van der Waals surface area contributed by atoms with Crippen LogP contribution in [0.3, 0.4) is 0 Å². The van der Waals surface area contributed by atoms with Gasteiger partial charge in [-0.1, -0.05) is 36.4 Å². The van der Waals surface area contributed by atoms with Crippen LogP contribution in [0.15, 0.2) is 42.5 Å². The molecule has 10 heteroatoms. The summed E-state index contributed by atoms with van der Waals surface area (Å²) in [5.74, 6) is -1.17. The normalized spacial score (nSPS) is 21.7. The van der Waals surface area contributed by atoms with E-state index in [1.54, 1.807) is 20.8 Å². The number of carbonyl (C=O) groups excluding carboxylic acids is 4. The van der Waals surface area contributed by atoms with Crippen LogP contribution in [0.5, 0.6) is 0 Å². The molecule has 0 saturated carbocycles. The van der Waals surface area contributed by atoms with Crippen LogP contribution >= 0.6 is 0 Å². The summed E-state index contributed by atoms with van der Waals surface area (Å²) in [4.78, 5) is 54.3. The predicted molar refractivity (Wildman–Crippen MR) is 138 cm³/mol. The first-order chi connectivity index (χ1) is 17.5. The third-order valence-corrected chi connectivity index (χ3v) is 6.37. The summed E-state index contributed by atoms with van der Waals surface area (Å²) in [5.41, 5.74) is -0.0206. The lowest BCUT2D eigenvalue weighted by atomic mass is 10.1. The number of nitrogens with zero attached hydrogens (tertiary/aromatic N) is 2. The zero-order chi connectivity index (χ0) is 26.7. The predicted octanol–water partition coefficient (Wildman–Crippen LogP) is 2.87. The molecule has 2 aromatic rings. The Morgan fingerprint density at radius 3 is 2.57 bits per heavy atom. The van der Waals surface area contributed by atoms with E-state index in [1.165, 1.54) is 11.9 Å². The third-order valence-electron chi connectivity index (χ3n) is 6.37. The number of ether oxygens (including phenoxy) is 2. The lowest BCUT2D eigenvalue weighted by Gasteiger charge is -2.30. The first-order valence-corrected chi connectivity index (χ1v) is 12.5. The lowest BCUT2D eigenvalue weighted by molar-refractivity contribution is -0.147. The molecule has 2 saturated heterocycles. The van der Waals surface area contributed by atoms with Gasteiger partial charge in [0.15, 0.2) is 0 Å². The van der Waals surface area contributed by atoms with Gasteiger partial charge in [0, 0.05) is 24.5 Å². The Balaban J connectivity index is 1.43.